The predicted molar refractivity (Wildman–Crippen MR) is 81.1 cm³/mol. The number of carbonyl (C=O) groups is 1. The summed E-state index contributed by atoms with van der Waals surface area (Å²) >= 11 is 0. The van der Waals surface area contributed by atoms with E-state index in [-0.39, 0.29) is 17.0 Å². The van der Waals surface area contributed by atoms with Crippen molar-refractivity contribution in [2.45, 2.75) is 33.6 Å². The van der Waals surface area contributed by atoms with E-state index in [0.29, 0.717) is 24.9 Å². The van der Waals surface area contributed by atoms with Gasteiger partial charge in [0, 0.05) is 25.2 Å². The summed E-state index contributed by atoms with van der Waals surface area (Å²) in [6, 6.07) is 1.91. The van der Waals surface area contributed by atoms with E-state index in [4.69, 9.17) is 5.26 Å². The van der Waals surface area contributed by atoms with Crippen LogP contribution in [-0.4, -0.2) is 30.5 Å². The molecule has 1 aromatic rings. The van der Waals surface area contributed by atoms with Gasteiger partial charge in [-0.3, -0.25) is 9.59 Å². The normalized spacial score (nSPS) is 10.2. The zero-order chi connectivity index (χ0) is 15.8. The fourth-order valence-corrected chi connectivity index (χ4v) is 2.21. The van der Waals surface area contributed by atoms with Crippen molar-refractivity contribution in [1.29, 1.82) is 5.26 Å². The van der Waals surface area contributed by atoms with Gasteiger partial charge in [-0.1, -0.05) is 6.92 Å². The van der Waals surface area contributed by atoms with Crippen LogP contribution in [0.1, 0.15) is 35.7 Å². The zero-order valence-corrected chi connectivity index (χ0v) is 12.8. The van der Waals surface area contributed by atoms with Gasteiger partial charge in [-0.15, -0.1) is 0 Å². The van der Waals surface area contributed by atoms with Gasteiger partial charge in [0.15, 0.2) is 0 Å². The molecule has 0 aromatic carbocycles. The Kier molecular flexibility index (Phi) is 6.63. The fraction of sp³-hybridized carbons (Fsp3) is 0.533. The number of H-pyrrole nitrogens is 1. The van der Waals surface area contributed by atoms with Crippen LogP contribution in [0, 0.1) is 25.2 Å². The van der Waals surface area contributed by atoms with Crippen LogP contribution in [0.5, 0.6) is 0 Å². The van der Waals surface area contributed by atoms with Crippen molar-refractivity contribution in [2.24, 2.45) is 0 Å². The minimum Gasteiger partial charge on any atom is -0.355 e. The molecule has 6 heteroatoms. The van der Waals surface area contributed by atoms with Crippen molar-refractivity contribution in [2.75, 3.05) is 19.6 Å². The number of hydrogen-bond donors (Lipinski definition) is 3. The molecule has 0 aliphatic carbocycles. The van der Waals surface area contributed by atoms with Crippen LogP contribution in [-0.2, 0) is 11.2 Å². The lowest BCUT2D eigenvalue weighted by Gasteiger charge is -2.11. The van der Waals surface area contributed by atoms with Gasteiger partial charge in [-0.2, -0.15) is 5.26 Å². The minimum absolute atomic E-state index is 0.0311. The maximum absolute atomic E-state index is 11.7. The maximum Gasteiger partial charge on any atom is 0.266 e. The molecule has 1 aromatic heterocycles. The van der Waals surface area contributed by atoms with Gasteiger partial charge in [0.1, 0.15) is 11.6 Å². The average molecular weight is 290 g/mol. The topological polar surface area (TPSA) is 97.8 Å². The van der Waals surface area contributed by atoms with Crippen molar-refractivity contribution in [3.8, 4) is 6.07 Å². The van der Waals surface area contributed by atoms with Crippen LogP contribution in [0.15, 0.2) is 4.79 Å². The van der Waals surface area contributed by atoms with E-state index >= 15 is 0 Å². The fourth-order valence-electron chi connectivity index (χ4n) is 2.21. The molecule has 0 bridgehead atoms. The van der Waals surface area contributed by atoms with Gasteiger partial charge >= 0.3 is 0 Å². The zero-order valence-electron chi connectivity index (χ0n) is 12.8. The van der Waals surface area contributed by atoms with E-state index in [1.807, 2.05) is 13.0 Å². The third kappa shape index (κ3) is 4.72. The van der Waals surface area contributed by atoms with Crippen molar-refractivity contribution in [1.82, 2.24) is 15.6 Å². The van der Waals surface area contributed by atoms with Gasteiger partial charge in [0.05, 0.1) is 0 Å². The lowest BCUT2D eigenvalue weighted by molar-refractivity contribution is -0.121. The van der Waals surface area contributed by atoms with Crippen LogP contribution < -0.4 is 16.2 Å². The maximum atomic E-state index is 11.7. The number of hydrogen-bond acceptors (Lipinski definition) is 4. The predicted octanol–water partition coefficient (Wildman–Crippen LogP) is 0.522. The molecule has 0 aliphatic rings. The number of likely N-dealkylation sites (N-methyl/N-ethyl adjacent to an activating group) is 1. The Morgan fingerprint density at radius 2 is 2.05 bits per heavy atom. The van der Waals surface area contributed by atoms with Gasteiger partial charge < -0.3 is 15.6 Å². The van der Waals surface area contributed by atoms with E-state index < -0.39 is 0 Å². The molecule has 0 unspecified atom stereocenters. The lowest BCUT2D eigenvalue weighted by atomic mass is 9.99. The van der Waals surface area contributed by atoms with Crippen molar-refractivity contribution >= 4 is 5.91 Å². The molecule has 0 radical (unpaired) electrons. The summed E-state index contributed by atoms with van der Waals surface area (Å²) in [6.45, 7) is 7.77. The van der Waals surface area contributed by atoms with Crippen molar-refractivity contribution < 1.29 is 4.79 Å². The van der Waals surface area contributed by atoms with Crippen molar-refractivity contribution in [3.63, 3.8) is 0 Å². The van der Waals surface area contributed by atoms with Gasteiger partial charge in [-0.25, -0.2) is 0 Å². The third-order valence-corrected chi connectivity index (χ3v) is 3.40. The highest BCUT2D eigenvalue weighted by Gasteiger charge is 2.13. The summed E-state index contributed by atoms with van der Waals surface area (Å²) in [5.41, 5.74) is 2.01. The molecule has 0 saturated heterocycles. The molecular weight excluding hydrogens is 268 g/mol. The highest BCUT2D eigenvalue weighted by molar-refractivity contribution is 5.76. The first-order valence-corrected chi connectivity index (χ1v) is 7.11. The van der Waals surface area contributed by atoms with E-state index in [0.717, 1.165) is 24.3 Å². The molecule has 114 valence electrons. The number of rotatable bonds is 7. The summed E-state index contributed by atoms with van der Waals surface area (Å²) in [6.07, 6.45) is 0.848. The second-order valence-electron chi connectivity index (χ2n) is 4.87. The number of nitriles is 1. The van der Waals surface area contributed by atoms with Crippen molar-refractivity contribution in [3.05, 3.63) is 32.7 Å². The largest absolute Gasteiger partial charge is 0.355 e. The Labute approximate surface area is 124 Å². The highest BCUT2D eigenvalue weighted by atomic mass is 16.1. The number of pyridine rings is 1. The summed E-state index contributed by atoms with van der Waals surface area (Å²) in [4.78, 5) is 26.0. The minimum atomic E-state index is -0.369. The van der Waals surface area contributed by atoms with E-state index in [9.17, 15) is 9.59 Å². The van der Waals surface area contributed by atoms with Crippen LogP contribution in [0.2, 0.25) is 0 Å². The molecular formula is C15H22N4O2. The van der Waals surface area contributed by atoms with Crippen LogP contribution in [0.25, 0.3) is 0 Å². The SMILES string of the molecule is CCNCCNC(=O)CCc1c(C)[nH]c(=O)c(C#N)c1C. The monoisotopic (exact) mass is 290 g/mol. The van der Waals surface area contributed by atoms with E-state index in [2.05, 4.69) is 15.6 Å². The Bertz CT molecular complexity index is 599. The molecule has 0 saturated carbocycles. The molecule has 0 atom stereocenters. The number of aryl methyl sites for hydroxylation is 1. The second-order valence-corrected chi connectivity index (χ2v) is 4.87. The molecule has 3 N–H and O–H groups in total. The van der Waals surface area contributed by atoms with E-state index in [1.165, 1.54) is 0 Å². The van der Waals surface area contributed by atoms with Crippen LogP contribution >= 0.6 is 0 Å². The molecule has 6 nitrogen and oxygen atoms in total. The highest BCUT2D eigenvalue weighted by Crippen LogP contribution is 2.14. The van der Waals surface area contributed by atoms with Crippen LogP contribution in [0.3, 0.4) is 0 Å². The summed E-state index contributed by atoms with van der Waals surface area (Å²) < 4.78 is 0. The second kappa shape index (κ2) is 8.22. The Morgan fingerprint density at radius 1 is 1.33 bits per heavy atom. The van der Waals surface area contributed by atoms with Gasteiger partial charge in [-0.05, 0) is 37.9 Å². The standard InChI is InChI=1S/C15H22N4O2/c1-4-17-7-8-18-14(20)6-5-12-10(2)13(9-16)15(21)19-11(12)3/h17H,4-8H2,1-3H3,(H,18,20)(H,19,21). The van der Waals surface area contributed by atoms with Crippen LogP contribution in [0.4, 0.5) is 0 Å². The quantitative estimate of drug-likeness (QED) is 0.638. The molecule has 1 rings (SSSR count). The smallest absolute Gasteiger partial charge is 0.266 e. The lowest BCUT2D eigenvalue weighted by Crippen LogP contribution is -2.32. The third-order valence-electron chi connectivity index (χ3n) is 3.40. The Morgan fingerprint density at radius 3 is 2.67 bits per heavy atom. The first-order valence-electron chi connectivity index (χ1n) is 7.11. The first kappa shape index (κ1) is 16.9. The molecule has 0 aliphatic heterocycles. The number of carbonyl (C=O) groups excluding carboxylic acids is 1. The molecule has 0 spiro atoms. The molecule has 21 heavy (non-hydrogen) atoms. The Hall–Kier alpha value is -2.13. The summed E-state index contributed by atoms with van der Waals surface area (Å²) in [5.74, 6) is -0.0311. The van der Waals surface area contributed by atoms with Gasteiger partial charge in [0.25, 0.3) is 5.56 Å². The average Bonchev–Trinajstić information content (AvgIpc) is 2.43. The molecule has 0 fully saturated rings. The summed E-state index contributed by atoms with van der Waals surface area (Å²) in [5, 5.41) is 15.0. The van der Waals surface area contributed by atoms with E-state index in [1.54, 1.807) is 13.8 Å². The number of aromatic amines is 1. The number of amides is 1. The number of nitrogens with zero attached hydrogens (tertiary/aromatic N) is 1. The number of aromatic nitrogens is 1. The number of nitrogens with one attached hydrogen (secondary N) is 3. The molecule has 1 amide bonds. The first-order chi connectivity index (χ1) is 10.0. The molecule has 1 heterocycles. The summed E-state index contributed by atoms with van der Waals surface area (Å²) in [7, 11) is 0. The van der Waals surface area contributed by atoms with Gasteiger partial charge in [0.2, 0.25) is 5.91 Å². The Balaban J connectivity index is 2.66.